The van der Waals surface area contributed by atoms with Gasteiger partial charge in [0.2, 0.25) is 5.91 Å². The van der Waals surface area contributed by atoms with Crippen molar-refractivity contribution >= 4 is 29.1 Å². The number of aryl methyl sites for hydroxylation is 1. The van der Waals surface area contributed by atoms with Crippen LogP contribution in [0.25, 0.3) is 0 Å². The van der Waals surface area contributed by atoms with E-state index in [1.807, 2.05) is 19.1 Å². The van der Waals surface area contributed by atoms with Gasteiger partial charge >= 0.3 is 6.09 Å². The van der Waals surface area contributed by atoms with Gasteiger partial charge in [-0.3, -0.25) is 10.1 Å². The third-order valence-electron chi connectivity index (χ3n) is 4.98. The molecule has 0 fully saturated rings. The number of aliphatic hydroxyl groups excluding tert-OH is 1. The summed E-state index contributed by atoms with van der Waals surface area (Å²) in [6, 6.07) is 21.4. The van der Waals surface area contributed by atoms with Crippen molar-refractivity contribution in [2.75, 3.05) is 29.6 Å². The van der Waals surface area contributed by atoms with Gasteiger partial charge in [0.1, 0.15) is 18.5 Å². The number of nitrogens with one attached hydrogen (secondary N) is 2. The number of benzene rings is 3. The van der Waals surface area contributed by atoms with E-state index in [0.29, 0.717) is 28.4 Å². The molecule has 0 aliphatic heterocycles. The minimum absolute atomic E-state index is 0.118. The second-order valence-electron chi connectivity index (χ2n) is 7.74. The molecule has 0 aromatic heterocycles. The second-order valence-corrected chi connectivity index (χ2v) is 7.74. The molecule has 3 aromatic carbocycles. The lowest BCUT2D eigenvalue weighted by atomic mass is 10.1. The average molecular weight is 476 g/mol. The molecule has 3 aromatic rings. The Hall–Kier alpha value is -4.30. The first-order valence-corrected chi connectivity index (χ1v) is 11.1. The fourth-order valence-corrected chi connectivity index (χ4v) is 3.22. The lowest BCUT2D eigenvalue weighted by molar-refractivity contribution is -0.111. The number of para-hydroxylation sites is 2. The van der Waals surface area contributed by atoms with Crippen molar-refractivity contribution in [2.45, 2.75) is 19.4 Å². The molecule has 2 amide bonds. The van der Waals surface area contributed by atoms with Gasteiger partial charge in [-0.25, -0.2) is 4.79 Å². The quantitative estimate of drug-likeness (QED) is 0.246. The summed E-state index contributed by atoms with van der Waals surface area (Å²) in [5.74, 6) is 0.177. The number of carbonyl (C=O) groups excluding carboxylic acids is 2. The molecule has 0 bridgehead atoms. The molecule has 35 heavy (non-hydrogen) atoms. The lowest BCUT2D eigenvalue weighted by Crippen LogP contribution is -2.17. The monoisotopic (exact) mass is 475 g/mol. The molecule has 182 valence electrons. The van der Waals surface area contributed by atoms with Crippen LogP contribution in [-0.4, -0.2) is 30.3 Å². The highest BCUT2D eigenvalue weighted by molar-refractivity contribution is 6.01. The first-order chi connectivity index (χ1) is 16.9. The molecular formula is C27H29N3O5. The van der Waals surface area contributed by atoms with Crippen LogP contribution in [0.4, 0.5) is 21.9 Å². The molecular weight excluding hydrogens is 446 g/mol. The minimum atomic E-state index is -0.691. The normalized spacial score (nSPS) is 11.6. The zero-order valence-corrected chi connectivity index (χ0v) is 19.4. The van der Waals surface area contributed by atoms with Crippen molar-refractivity contribution in [3.05, 3.63) is 96.1 Å². The fraction of sp³-hybridized carbons (Fsp3) is 0.185. The van der Waals surface area contributed by atoms with E-state index >= 15 is 0 Å². The summed E-state index contributed by atoms with van der Waals surface area (Å²) in [5.41, 5.74) is 9.20. The molecule has 0 aliphatic rings. The van der Waals surface area contributed by atoms with Gasteiger partial charge in [0.05, 0.1) is 18.0 Å². The third-order valence-corrected chi connectivity index (χ3v) is 4.98. The predicted octanol–water partition coefficient (Wildman–Crippen LogP) is 4.82. The Morgan fingerprint density at radius 2 is 1.80 bits per heavy atom. The summed E-state index contributed by atoms with van der Waals surface area (Å²) >= 11 is 0. The fourth-order valence-electron chi connectivity index (χ4n) is 3.22. The number of aliphatic hydroxyl groups is 1. The molecule has 8 nitrogen and oxygen atoms in total. The van der Waals surface area contributed by atoms with Crippen LogP contribution in [0.5, 0.6) is 5.75 Å². The second kappa shape index (κ2) is 12.8. The van der Waals surface area contributed by atoms with Gasteiger partial charge < -0.3 is 25.6 Å². The van der Waals surface area contributed by atoms with E-state index in [2.05, 4.69) is 10.6 Å². The Labute approximate surface area is 204 Å². The van der Waals surface area contributed by atoms with E-state index in [-0.39, 0.29) is 25.5 Å². The van der Waals surface area contributed by atoms with E-state index in [1.165, 1.54) is 6.08 Å². The molecule has 1 atom stereocenters. The summed E-state index contributed by atoms with van der Waals surface area (Å²) in [5, 5.41) is 14.4. The molecule has 0 aliphatic carbocycles. The number of rotatable bonds is 10. The Morgan fingerprint density at radius 1 is 1.03 bits per heavy atom. The first-order valence-electron chi connectivity index (χ1n) is 11.1. The van der Waals surface area contributed by atoms with E-state index in [0.717, 1.165) is 5.56 Å². The zero-order chi connectivity index (χ0) is 25.0. The zero-order valence-electron chi connectivity index (χ0n) is 19.4. The van der Waals surface area contributed by atoms with Crippen molar-refractivity contribution in [3.8, 4) is 5.75 Å². The van der Waals surface area contributed by atoms with Gasteiger partial charge in [0.25, 0.3) is 0 Å². The number of hydrogen-bond donors (Lipinski definition) is 4. The van der Waals surface area contributed by atoms with E-state index in [9.17, 15) is 9.59 Å². The summed E-state index contributed by atoms with van der Waals surface area (Å²) < 4.78 is 11.2. The van der Waals surface area contributed by atoms with Crippen LogP contribution in [0, 0.1) is 6.92 Å². The van der Waals surface area contributed by atoms with Crippen LogP contribution < -0.4 is 21.1 Å². The highest BCUT2D eigenvalue weighted by Crippen LogP contribution is 2.26. The van der Waals surface area contributed by atoms with Crippen molar-refractivity contribution in [2.24, 2.45) is 0 Å². The molecule has 0 saturated heterocycles. The number of anilines is 3. The van der Waals surface area contributed by atoms with Crippen LogP contribution >= 0.6 is 0 Å². The molecule has 0 spiro atoms. The van der Waals surface area contributed by atoms with Gasteiger partial charge in [-0.2, -0.15) is 0 Å². The Kier molecular flexibility index (Phi) is 9.27. The standard InChI is InChI=1S/C27H29N3O5/c1-19-12-14-21(15-13-19)29-27(33)35-25(20-6-4-7-22(18-20)34-17-16-31)10-5-11-26(32)30-24-9-3-2-8-23(24)28/h2-9,11-15,18,25,31H,10,16-17,28H2,1H3,(H,29,33)(H,30,32)/b11-5+/t25-/m1/s1. The third kappa shape index (κ3) is 8.21. The Balaban J connectivity index is 1.71. The largest absolute Gasteiger partial charge is 0.491 e. The highest BCUT2D eigenvalue weighted by atomic mass is 16.6. The van der Waals surface area contributed by atoms with Gasteiger partial charge in [0, 0.05) is 12.1 Å². The average Bonchev–Trinajstić information content (AvgIpc) is 2.85. The smallest absolute Gasteiger partial charge is 0.412 e. The predicted molar refractivity (Wildman–Crippen MR) is 136 cm³/mol. The van der Waals surface area contributed by atoms with Crippen LogP contribution in [0.3, 0.4) is 0 Å². The molecule has 0 saturated carbocycles. The van der Waals surface area contributed by atoms with Crippen molar-refractivity contribution in [3.63, 3.8) is 0 Å². The number of ether oxygens (including phenoxy) is 2. The maximum absolute atomic E-state index is 12.6. The number of amides is 2. The van der Waals surface area contributed by atoms with Gasteiger partial charge in [0.15, 0.2) is 0 Å². The summed E-state index contributed by atoms with van der Waals surface area (Å²) in [6.45, 7) is 1.98. The van der Waals surface area contributed by atoms with Crippen molar-refractivity contribution in [1.82, 2.24) is 0 Å². The molecule has 0 radical (unpaired) electrons. The minimum Gasteiger partial charge on any atom is -0.491 e. The molecule has 5 N–H and O–H groups in total. The molecule has 0 unspecified atom stereocenters. The molecule has 0 heterocycles. The summed E-state index contributed by atoms with van der Waals surface area (Å²) in [6.07, 6.45) is 1.91. The van der Waals surface area contributed by atoms with Crippen molar-refractivity contribution < 1.29 is 24.2 Å². The SMILES string of the molecule is Cc1ccc(NC(=O)O[C@H](C/C=C/C(=O)Nc2ccccc2N)c2cccc(OCCO)c2)cc1. The number of nitrogen functional groups attached to an aromatic ring is 1. The van der Waals surface area contributed by atoms with E-state index < -0.39 is 12.2 Å². The first kappa shape index (κ1) is 25.3. The van der Waals surface area contributed by atoms with E-state index in [4.69, 9.17) is 20.3 Å². The number of nitrogens with two attached hydrogens (primary N) is 1. The number of hydrogen-bond acceptors (Lipinski definition) is 6. The van der Waals surface area contributed by atoms with Crippen LogP contribution in [0.2, 0.25) is 0 Å². The topological polar surface area (TPSA) is 123 Å². The number of carbonyl (C=O) groups is 2. The van der Waals surface area contributed by atoms with Crippen LogP contribution in [0.1, 0.15) is 23.7 Å². The lowest BCUT2D eigenvalue weighted by Gasteiger charge is -2.18. The van der Waals surface area contributed by atoms with Crippen molar-refractivity contribution in [1.29, 1.82) is 0 Å². The molecule has 3 rings (SSSR count). The maximum Gasteiger partial charge on any atom is 0.412 e. The molecule has 8 heteroatoms. The van der Waals surface area contributed by atoms with E-state index in [1.54, 1.807) is 66.7 Å². The maximum atomic E-state index is 12.6. The Morgan fingerprint density at radius 3 is 2.54 bits per heavy atom. The summed E-state index contributed by atoms with van der Waals surface area (Å²) in [4.78, 5) is 24.9. The van der Waals surface area contributed by atoms with Gasteiger partial charge in [-0.05, 0) is 55.0 Å². The van der Waals surface area contributed by atoms with Gasteiger partial charge in [-0.1, -0.05) is 48.0 Å². The highest BCUT2D eigenvalue weighted by Gasteiger charge is 2.17. The van der Waals surface area contributed by atoms with Crippen LogP contribution in [0.15, 0.2) is 84.9 Å². The van der Waals surface area contributed by atoms with Crippen LogP contribution in [-0.2, 0) is 9.53 Å². The Bertz CT molecular complexity index is 1160. The summed E-state index contributed by atoms with van der Waals surface area (Å²) in [7, 11) is 0. The van der Waals surface area contributed by atoms with Gasteiger partial charge in [-0.15, -0.1) is 0 Å².